The third-order valence-electron chi connectivity index (χ3n) is 3.94. The molecular formula is C19H24N2O5. The van der Waals surface area contributed by atoms with E-state index in [9.17, 15) is 9.59 Å². The third kappa shape index (κ3) is 4.17. The molecule has 0 fully saturated rings. The first kappa shape index (κ1) is 19.4. The summed E-state index contributed by atoms with van der Waals surface area (Å²) < 4.78 is 15.3. The van der Waals surface area contributed by atoms with Crippen LogP contribution >= 0.6 is 0 Å². The summed E-state index contributed by atoms with van der Waals surface area (Å²) in [4.78, 5) is 27.3. The van der Waals surface area contributed by atoms with Crippen molar-refractivity contribution in [3.8, 4) is 5.75 Å². The second-order valence-electron chi connectivity index (χ2n) is 5.63. The monoisotopic (exact) mass is 360 g/mol. The van der Waals surface area contributed by atoms with Crippen molar-refractivity contribution in [2.24, 2.45) is 0 Å². The van der Waals surface area contributed by atoms with Gasteiger partial charge in [-0.2, -0.15) is 0 Å². The van der Waals surface area contributed by atoms with Gasteiger partial charge in [-0.1, -0.05) is 0 Å². The summed E-state index contributed by atoms with van der Waals surface area (Å²) in [6.07, 6.45) is 1.08. The van der Waals surface area contributed by atoms with Gasteiger partial charge in [-0.3, -0.25) is 0 Å². The van der Waals surface area contributed by atoms with Crippen LogP contribution in [0.4, 0.5) is 5.69 Å². The number of aryl methyl sites for hydroxylation is 2. The van der Waals surface area contributed by atoms with Gasteiger partial charge in [0.15, 0.2) is 0 Å². The first-order valence-electron chi connectivity index (χ1n) is 8.40. The number of ether oxygens (including phenoxy) is 3. The molecule has 0 unspecified atom stereocenters. The van der Waals surface area contributed by atoms with E-state index >= 15 is 0 Å². The summed E-state index contributed by atoms with van der Waals surface area (Å²) in [6.45, 7) is 7.78. The van der Waals surface area contributed by atoms with Crippen LogP contribution in [0.2, 0.25) is 0 Å². The average Bonchev–Trinajstić information content (AvgIpc) is 2.87. The van der Waals surface area contributed by atoms with E-state index < -0.39 is 11.9 Å². The Morgan fingerprint density at radius 2 is 1.85 bits per heavy atom. The molecule has 0 saturated heterocycles. The van der Waals surface area contributed by atoms with Gasteiger partial charge in [0.05, 0.1) is 32.1 Å². The Kier molecular flexibility index (Phi) is 6.27. The van der Waals surface area contributed by atoms with Crippen molar-refractivity contribution in [3.63, 3.8) is 0 Å². The lowest BCUT2D eigenvalue weighted by atomic mass is 10.1. The molecule has 0 spiro atoms. The maximum Gasteiger partial charge on any atom is 0.355 e. The fourth-order valence-electron chi connectivity index (χ4n) is 2.56. The molecule has 0 atom stereocenters. The number of hydrogen-bond donors (Lipinski definition) is 2. The standard InChI is InChI=1S/C19H24N2O5/c1-6-25-18(22)10-16(19(23)26-7-2)21-15-9-14-13(8-17(15)24-5)11(3)12(4)20-14/h8-10,20-21H,6-7H2,1-5H3. The molecule has 0 aliphatic heterocycles. The van der Waals surface area contributed by atoms with Crippen molar-refractivity contribution in [3.05, 3.63) is 35.2 Å². The van der Waals surface area contributed by atoms with Gasteiger partial charge in [-0.15, -0.1) is 0 Å². The van der Waals surface area contributed by atoms with Gasteiger partial charge in [0, 0.05) is 16.6 Å². The molecule has 140 valence electrons. The molecule has 2 N–H and O–H groups in total. The van der Waals surface area contributed by atoms with Crippen molar-refractivity contribution in [1.29, 1.82) is 0 Å². The minimum Gasteiger partial charge on any atom is -0.495 e. The normalized spacial score (nSPS) is 11.3. The highest BCUT2D eigenvalue weighted by atomic mass is 16.5. The van der Waals surface area contributed by atoms with E-state index in [0.29, 0.717) is 11.4 Å². The first-order valence-corrected chi connectivity index (χ1v) is 8.40. The number of methoxy groups -OCH3 is 1. The predicted molar refractivity (Wildman–Crippen MR) is 99.3 cm³/mol. The average molecular weight is 360 g/mol. The number of rotatable bonds is 7. The van der Waals surface area contributed by atoms with Gasteiger partial charge >= 0.3 is 11.9 Å². The molecule has 1 aromatic carbocycles. The number of benzene rings is 1. The highest BCUT2D eigenvalue weighted by Gasteiger charge is 2.17. The molecule has 7 heteroatoms. The van der Waals surface area contributed by atoms with Crippen LogP contribution in [-0.2, 0) is 19.1 Å². The topological polar surface area (TPSA) is 89.6 Å². The van der Waals surface area contributed by atoms with Crippen LogP contribution in [0.15, 0.2) is 23.9 Å². The Balaban J connectivity index is 2.46. The van der Waals surface area contributed by atoms with Gasteiger partial charge in [-0.05, 0) is 45.4 Å². The van der Waals surface area contributed by atoms with Crippen LogP contribution in [0.5, 0.6) is 5.75 Å². The molecule has 0 aliphatic carbocycles. The summed E-state index contributed by atoms with van der Waals surface area (Å²) in [5.74, 6) is -0.741. The Hall–Kier alpha value is -2.96. The van der Waals surface area contributed by atoms with E-state index in [0.717, 1.165) is 28.2 Å². The largest absolute Gasteiger partial charge is 0.495 e. The zero-order valence-corrected chi connectivity index (χ0v) is 15.7. The smallest absolute Gasteiger partial charge is 0.355 e. The van der Waals surface area contributed by atoms with Crippen LogP contribution in [0.1, 0.15) is 25.1 Å². The number of esters is 2. The number of anilines is 1. The maximum absolute atomic E-state index is 12.2. The summed E-state index contributed by atoms with van der Waals surface area (Å²) in [7, 11) is 1.54. The fraction of sp³-hybridized carbons (Fsp3) is 0.368. The number of aromatic amines is 1. The van der Waals surface area contributed by atoms with E-state index in [-0.39, 0.29) is 18.9 Å². The van der Waals surface area contributed by atoms with E-state index in [1.165, 1.54) is 0 Å². The van der Waals surface area contributed by atoms with E-state index in [4.69, 9.17) is 14.2 Å². The number of carbonyl (C=O) groups excluding carboxylic acids is 2. The number of fused-ring (bicyclic) bond motifs is 1. The third-order valence-corrected chi connectivity index (χ3v) is 3.94. The molecule has 0 radical (unpaired) electrons. The molecule has 1 heterocycles. The lowest BCUT2D eigenvalue weighted by molar-refractivity contribution is -0.140. The summed E-state index contributed by atoms with van der Waals surface area (Å²) in [5.41, 5.74) is 3.57. The Morgan fingerprint density at radius 3 is 2.46 bits per heavy atom. The maximum atomic E-state index is 12.2. The minimum absolute atomic E-state index is 0.0250. The summed E-state index contributed by atoms with van der Waals surface area (Å²) >= 11 is 0. The second kappa shape index (κ2) is 8.42. The summed E-state index contributed by atoms with van der Waals surface area (Å²) in [6, 6.07) is 3.70. The van der Waals surface area contributed by atoms with Gasteiger partial charge in [-0.25, -0.2) is 9.59 Å². The van der Waals surface area contributed by atoms with Crippen LogP contribution < -0.4 is 10.1 Å². The number of H-pyrrole nitrogens is 1. The van der Waals surface area contributed by atoms with Gasteiger partial charge in [0.25, 0.3) is 0 Å². The predicted octanol–water partition coefficient (Wildman–Crippen LogP) is 3.22. The van der Waals surface area contributed by atoms with Crippen molar-refractivity contribution >= 4 is 28.5 Å². The van der Waals surface area contributed by atoms with Crippen molar-refractivity contribution in [2.45, 2.75) is 27.7 Å². The fourth-order valence-corrected chi connectivity index (χ4v) is 2.56. The first-order chi connectivity index (χ1) is 12.4. The van der Waals surface area contributed by atoms with E-state index in [1.807, 2.05) is 26.0 Å². The molecule has 7 nitrogen and oxygen atoms in total. The van der Waals surface area contributed by atoms with Crippen molar-refractivity contribution in [2.75, 3.05) is 25.6 Å². The number of hydrogen-bond acceptors (Lipinski definition) is 6. The van der Waals surface area contributed by atoms with Crippen LogP contribution in [0.25, 0.3) is 10.9 Å². The second-order valence-corrected chi connectivity index (χ2v) is 5.63. The molecule has 2 rings (SSSR count). The molecule has 0 bridgehead atoms. The molecule has 1 aromatic heterocycles. The van der Waals surface area contributed by atoms with Crippen LogP contribution in [-0.4, -0.2) is 37.2 Å². The SMILES string of the molecule is CCOC(=O)C=C(Nc1cc2[nH]c(C)c(C)c2cc1OC)C(=O)OCC. The highest BCUT2D eigenvalue weighted by Crippen LogP contribution is 2.33. The zero-order chi connectivity index (χ0) is 19.3. The van der Waals surface area contributed by atoms with Crippen LogP contribution in [0.3, 0.4) is 0 Å². The van der Waals surface area contributed by atoms with Gasteiger partial charge in [0.2, 0.25) is 0 Å². The summed E-state index contributed by atoms with van der Waals surface area (Å²) in [5, 5.41) is 3.96. The van der Waals surface area contributed by atoms with E-state index in [1.54, 1.807) is 21.0 Å². The lowest BCUT2D eigenvalue weighted by Gasteiger charge is -2.14. The number of carbonyl (C=O) groups is 2. The molecule has 0 amide bonds. The number of nitrogens with one attached hydrogen (secondary N) is 2. The quantitative estimate of drug-likeness (QED) is 0.582. The Morgan fingerprint density at radius 1 is 1.15 bits per heavy atom. The van der Waals surface area contributed by atoms with Crippen molar-refractivity contribution < 1.29 is 23.8 Å². The lowest BCUT2D eigenvalue weighted by Crippen LogP contribution is -2.17. The molecule has 26 heavy (non-hydrogen) atoms. The van der Waals surface area contributed by atoms with Crippen LogP contribution in [0, 0.1) is 13.8 Å². The molecule has 2 aromatic rings. The van der Waals surface area contributed by atoms with E-state index in [2.05, 4.69) is 10.3 Å². The highest BCUT2D eigenvalue weighted by molar-refractivity contribution is 6.00. The number of aromatic nitrogens is 1. The molecule has 0 aliphatic rings. The van der Waals surface area contributed by atoms with Crippen molar-refractivity contribution in [1.82, 2.24) is 4.98 Å². The zero-order valence-electron chi connectivity index (χ0n) is 15.7. The Bertz CT molecular complexity index is 851. The minimum atomic E-state index is -0.651. The molecule has 0 saturated carbocycles. The van der Waals surface area contributed by atoms with Gasteiger partial charge in [0.1, 0.15) is 11.4 Å². The Labute approximate surface area is 152 Å². The van der Waals surface area contributed by atoms with Gasteiger partial charge < -0.3 is 24.5 Å². The molecular weight excluding hydrogens is 336 g/mol.